The van der Waals surface area contributed by atoms with Gasteiger partial charge in [0.2, 0.25) is 5.91 Å². The van der Waals surface area contributed by atoms with Crippen molar-refractivity contribution in [2.45, 2.75) is 69.2 Å². The molecule has 0 radical (unpaired) electrons. The average molecular weight is 686 g/mol. The van der Waals surface area contributed by atoms with E-state index in [1.54, 1.807) is 25.4 Å². The summed E-state index contributed by atoms with van der Waals surface area (Å²) in [6.07, 6.45) is 6.43. The maximum atomic E-state index is 13.9. The van der Waals surface area contributed by atoms with Crippen LogP contribution < -0.4 is 5.32 Å². The Labute approximate surface area is 284 Å². The minimum Gasteiger partial charge on any atom is -0.481 e. The fourth-order valence-electron chi connectivity index (χ4n) is 7.42. The highest BCUT2D eigenvalue weighted by atomic mass is 35.5. The molecule has 0 spiro atoms. The molecule has 1 saturated carbocycles. The minimum atomic E-state index is -0.738. The molecule has 1 aliphatic carbocycles. The summed E-state index contributed by atoms with van der Waals surface area (Å²) in [5.41, 5.74) is 2.42. The number of benzene rings is 2. The number of nitrogens with one attached hydrogen (secondary N) is 1. The topological polar surface area (TPSA) is 113 Å². The zero-order valence-corrected chi connectivity index (χ0v) is 28.3. The summed E-state index contributed by atoms with van der Waals surface area (Å²) in [6, 6.07) is 11.0. The molecule has 3 atom stereocenters. The molecule has 3 aliphatic rings. The number of halogens is 2. The molecule has 10 nitrogen and oxygen atoms in total. The Morgan fingerprint density at radius 1 is 1.00 bits per heavy atom. The molecule has 0 bridgehead atoms. The summed E-state index contributed by atoms with van der Waals surface area (Å²) >= 11 is 13.4. The number of para-hydroxylation sites is 1. The Kier molecular flexibility index (Phi) is 10.4. The van der Waals surface area contributed by atoms with Crippen LogP contribution in [0.4, 0.5) is 5.69 Å². The molecule has 0 unspecified atom stereocenters. The third-order valence-corrected chi connectivity index (χ3v) is 10.8. The van der Waals surface area contributed by atoms with Gasteiger partial charge in [0.15, 0.2) is 0 Å². The van der Waals surface area contributed by atoms with Crippen molar-refractivity contribution in [2.24, 2.45) is 13.0 Å². The first-order valence-corrected chi connectivity index (χ1v) is 17.1. The molecular formula is C35H42Cl2N4O6. The van der Waals surface area contributed by atoms with E-state index in [0.29, 0.717) is 65.7 Å². The molecule has 2 aliphatic heterocycles. The number of hydrogen-bond acceptors (Lipinski definition) is 6. The van der Waals surface area contributed by atoms with E-state index in [1.165, 1.54) is 0 Å². The Morgan fingerprint density at radius 2 is 1.77 bits per heavy atom. The largest absolute Gasteiger partial charge is 0.481 e. The number of nitrogens with zero attached hydrogens (tertiary/aromatic N) is 3. The fraction of sp³-hybridized carbons (Fsp3) is 0.514. The van der Waals surface area contributed by atoms with Crippen molar-refractivity contribution in [3.8, 4) is 0 Å². The molecule has 1 aromatic heterocycles. The van der Waals surface area contributed by atoms with Gasteiger partial charge < -0.3 is 29.4 Å². The van der Waals surface area contributed by atoms with Crippen LogP contribution in [-0.2, 0) is 32.5 Å². The van der Waals surface area contributed by atoms with Crippen LogP contribution in [0.1, 0.15) is 54.4 Å². The molecule has 2 aromatic carbocycles. The van der Waals surface area contributed by atoms with Crippen LogP contribution in [0.25, 0.3) is 10.9 Å². The predicted molar refractivity (Wildman–Crippen MR) is 181 cm³/mol. The second-order valence-corrected chi connectivity index (χ2v) is 13.9. The number of rotatable bonds is 10. The lowest BCUT2D eigenvalue weighted by molar-refractivity contribution is -0.144. The molecule has 47 heavy (non-hydrogen) atoms. The summed E-state index contributed by atoms with van der Waals surface area (Å²) in [5.74, 6) is -1.41. The number of methoxy groups -OCH3 is 1. The third-order valence-electron chi connectivity index (χ3n) is 10.2. The predicted octanol–water partition coefficient (Wildman–Crippen LogP) is 5.63. The van der Waals surface area contributed by atoms with E-state index >= 15 is 0 Å². The molecular weight excluding hydrogens is 643 g/mol. The van der Waals surface area contributed by atoms with Crippen LogP contribution in [0.2, 0.25) is 10.0 Å². The van der Waals surface area contributed by atoms with Gasteiger partial charge in [-0.25, -0.2) is 0 Å². The van der Waals surface area contributed by atoms with Gasteiger partial charge in [-0.1, -0.05) is 41.4 Å². The molecule has 6 rings (SSSR count). The van der Waals surface area contributed by atoms with Crippen LogP contribution in [0.3, 0.4) is 0 Å². The number of likely N-dealkylation sites (tertiary alicyclic amines) is 2. The summed E-state index contributed by atoms with van der Waals surface area (Å²) in [7, 11) is 3.63. The molecule has 2 saturated heterocycles. The number of carboxylic acid groups (broad SMARTS) is 1. The molecule has 12 heteroatoms. The highest BCUT2D eigenvalue weighted by Crippen LogP contribution is 2.34. The van der Waals surface area contributed by atoms with Crippen LogP contribution in [-0.4, -0.2) is 94.9 Å². The van der Waals surface area contributed by atoms with Crippen molar-refractivity contribution >= 4 is 57.6 Å². The molecule has 3 fully saturated rings. The first-order chi connectivity index (χ1) is 22.6. The summed E-state index contributed by atoms with van der Waals surface area (Å²) in [4.78, 5) is 42.8. The van der Waals surface area contributed by atoms with E-state index in [1.807, 2.05) is 40.8 Å². The van der Waals surface area contributed by atoms with E-state index in [4.69, 9.17) is 32.7 Å². The zero-order chi connectivity index (χ0) is 33.2. The maximum Gasteiger partial charge on any atom is 0.306 e. The van der Waals surface area contributed by atoms with Crippen molar-refractivity contribution in [2.75, 3.05) is 38.7 Å². The monoisotopic (exact) mass is 684 g/mol. The standard InChI is InChI=1S/C35H42Cl2N4O6/c1-39-19-28(27-5-3-4-6-32(27)39)34(43)38-31-16-29(36)22(13-30(31)37)14-33(42)41-17-23(40-12-11-26(18-40)46-2)15-24(41)20-47-25-9-7-21(8-10-25)35(44)45/h3-6,13,16,19,21,23-26H,7-12,14-15,17-18,20H2,1-2H3,(H,38,43)(H,44,45)/t21?,23-,24-,25?,26-/m0/s1. The van der Waals surface area contributed by atoms with Crippen LogP contribution in [0.5, 0.6) is 0 Å². The van der Waals surface area contributed by atoms with Gasteiger partial charge >= 0.3 is 5.97 Å². The smallest absolute Gasteiger partial charge is 0.306 e. The van der Waals surface area contributed by atoms with E-state index in [0.717, 1.165) is 36.8 Å². The molecule has 252 valence electrons. The highest BCUT2D eigenvalue weighted by molar-refractivity contribution is 6.36. The van der Waals surface area contributed by atoms with Gasteiger partial charge in [-0.15, -0.1) is 0 Å². The Balaban J connectivity index is 1.13. The number of carbonyl (C=O) groups excluding carboxylic acids is 2. The van der Waals surface area contributed by atoms with Crippen LogP contribution in [0, 0.1) is 5.92 Å². The average Bonchev–Trinajstić information content (AvgIpc) is 3.80. The lowest BCUT2D eigenvalue weighted by Crippen LogP contribution is -2.41. The first-order valence-electron chi connectivity index (χ1n) is 16.3. The molecule has 2 N–H and O–H groups in total. The first kappa shape index (κ1) is 33.7. The molecule has 3 heterocycles. The number of aliphatic carboxylic acids is 1. The van der Waals surface area contributed by atoms with Gasteiger partial charge in [-0.05, 0) is 62.3 Å². The normalized spacial score (nSPS) is 25.0. The van der Waals surface area contributed by atoms with E-state index < -0.39 is 5.97 Å². The number of hydrogen-bond donors (Lipinski definition) is 2. The Bertz CT molecular complexity index is 1640. The van der Waals surface area contributed by atoms with Crippen molar-refractivity contribution in [1.82, 2.24) is 14.4 Å². The van der Waals surface area contributed by atoms with Crippen molar-refractivity contribution < 1.29 is 29.0 Å². The van der Waals surface area contributed by atoms with Gasteiger partial charge in [-0.3, -0.25) is 19.3 Å². The molecule has 3 aromatic rings. The number of carboxylic acids is 1. The van der Waals surface area contributed by atoms with E-state index in [2.05, 4.69) is 10.2 Å². The Morgan fingerprint density at radius 3 is 2.49 bits per heavy atom. The van der Waals surface area contributed by atoms with Crippen molar-refractivity contribution in [1.29, 1.82) is 0 Å². The lowest BCUT2D eigenvalue weighted by atomic mass is 9.87. The second kappa shape index (κ2) is 14.5. The van der Waals surface area contributed by atoms with E-state index in [-0.39, 0.29) is 48.4 Å². The van der Waals surface area contributed by atoms with Gasteiger partial charge in [0.1, 0.15) is 0 Å². The van der Waals surface area contributed by atoms with E-state index in [9.17, 15) is 19.5 Å². The zero-order valence-electron chi connectivity index (χ0n) is 26.8. The SMILES string of the molecule is CO[C@H]1CCN([C@H]2C[C@@H](COC3CCC(C(=O)O)CC3)N(C(=O)Cc3cc(Cl)c(NC(=O)c4cn(C)c5ccccc45)cc3Cl)C2)C1. The number of carbonyl (C=O) groups is 3. The summed E-state index contributed by atoms with van der Waals surface area (Å²) in [5, 5.41) is 13.7. The van der Waals surface area contributed by atoms with Gasteiger partial charge in [-0.2, -0.15) is 0 Å². The number of ether oxygens (including phenoxy) is 2. The van der Waals surface area contributed by atoms with Crippen LogP contribution in [0.15, 0.2) is 42.6 Å². The summed E-state index contributed by atoms with van der Waals surface area (Å²) in [6.45, 7) is 2.74. The third kappa shape index (κ3) is 7.47. The van der Waals surface area contributed by atoms with Gasteiger partial charge in [0, 0.05) is 62.0 Å². The van der Waals surface area contributed by atoms with Crippen molar-refractivity contribution in [3.63, 3.8) is 0 Å². The summed E-state index contributed by atoms with van der Waals surface area (Å²) < 4.78 is 13.8. The Hall–Kier alpha value is -3.15. The van der Waals surface area contributed by atoms with Crippen molar-refractivity contribution in [3.05, 3.63) is 63.8 Å². The number of aromatic nitrogens is 1. The molecule has 2 amide bonds. The number of aryl methyl sites for hydroxylation is 1. The van der Waals surface area contributed by atoms with Gasteiger partial charge in [0.25, 0.3) is 5.91 Å². The minimum absolute atomic E-state index is 0.00357. The maximum absolute atomic E-state index is 13.9. The second-order valence-electron chi connectivity index (χ2n) is 13.1. The number of amides is 2. The number of fused-ring (bicyclic) bond motifs is 1. The van der Waals surface area contributed by atoms with Gasteiger partial charge in [0.05, 0.1) is 53.5 Å². The highest BCUT2D eigenvalue weighted by Gasteiger charge is 2.41. The number of anilines is 1. The quantitative estimate of drug-likeness (QED) is 0.285. The van der Waals surface area contributed by atoms with Crippen LogP contribution >= 0.6 is 23.2 Å². The lowest BCUT2D eigenvalue weighted by Gasteiger charge is -2.30. The fourth-order valence-corrected chi connectivity index (χ4v) is 7.88.